The van der Waals surface area contributed by atoms with Gasteiger partial charge in [-0.1, -0.05) is 57.5 Å². The zero-order chi connectivity index (χ0) is 49.5. The van der Waals surface area contributed by atoms with Crippen LogP contribution in [-0.4, -0.2) is 173 Å². The van der Waals surface area contributed by atoms with Crippen LogP contribution in [0.2, 0.25) is 0 Å². The number of esters is 2. The van der Waals surface area contributed by atoms with E-state index in [-0.39, 0.29) is 75.8 Å². The number of hydrogen-bond acceptors (Lipinski definition) is 15. The van der Waals surface area contributed by atoms with Crippen molar-refractivity contribution in [1.82, 2.24) is 25.8 Å². The monoisotopic (exact) mass is 938 g/mol. The first-order valence-electron chi connectivity index (χ1n) is 23.1. The fraction of sp³-hybridized carbons (Fsp3) is 0.745. The van der Waals surface area contributed by atoms with Gasteiger partial charge in [-0.25, -0.2) is 9.59 Å². The molecule has 0 bridgehead atoms. The van der Waals surface area contributed by atoms with Gasteiger partial charge in [0.05, 0.1) is 62.4 Å². The molecule has 1 heterocycles. The Bertz CT molecular complexity index is 1640. The van der Waals surface area contributed by atoms with Crippen LogP contribution in [0.25, 0.3) is 0 Å². The van der Waals surface area contributed by atoms with E-state index in [1.54, 1.807) is 41.7 Å². The van der Waals surface area contributed by atoms with Gasteiger partial charge >= 0.3 is 18.0 Å². The highest BCUT2D eigenvalue weighted by atomic mass is 16.7. The number of benzene rings is 1. The highest BCUT2D eigenvalue weighted by Crippen LogP contribution is 2.29. The second-order valence-electron chi connectivity index (χ2n) is 17.5. The summed E-state index contributed by atoms with van der Waals surface area (Å²) in [6.45, 7) is 13.8. The number of carbonyl (C=O) groups is 6. The molecule has 0 spiro atoms. The highest BCUT2D eigenvalue weighted by Gasteiger charge is 2.42. The number of alkyl carbamates (subject to hydrolysis) is 1. The molecule has 0 saturated carbocycles. The van der Waals surface area contributed by atoms with E-state index in [2.05, 4.69) is 34.7 Å². The SMILES string of the molecule is CC[C@H](C)C([C@@H](CC(=O)N1CCC[C@H]1[C@H](OC)[C@@H](C)C(=O)N[C@@H](Cc1ccccc1)C(=O)NC[C@H](C)OC(=O)[C@H](C)OC(=O)CCNC(=O)OCC(OC(C)C)OC(C)CO)OC)N(C)C. The number of ether oxygens (including phenoxy) is 7. The Morgan fingerprint density at radius 1 is 0.879 bits per heavy atom. The number of amides is 4. The van der Waals surface area contributed by atoms with E-state index in [9.17, 15) is 33.9 Å². The molecule has 19 nitrogen and oxygen atoms in total. The highest BCUT2D eigenvalue weighted by molar-refractivity contribution is 5.89. The quantitative estimate of drug-likeness (QED) is 0.0494. The van der Waals surface area contributed by atoms with E-state index in [0.29, 0.717) is 18.9 Å². The first-order valence-corrected chi connectivity index (χ1v) is 23.1. The molecule has 3 unspecified atom stereocenters. The maximum atomic E-state index is 14.0. The standard InChI is InChI=1S/C47H79N5O14/c1-13-30(4)42(51(9)10)38(60-11)25-39(54)52-23-17-20-37(52)43(61-12)33(7)44(56)50-36(24-35-18-15-14-16-19-35)45(57)49-26-31(5)65-46(58)34(8)66-40(55)21-22-48-47(59)62-28-41(63-29(2)3)64-32(6)27-53/h14-16,18-19,29-34,36-38,41-43,53H,13,17,20-28H2,1-12H3,(H,48,59)(H,49,57)(H,50,56)/t30-,31-,32?,33+,34-,36-,37-,38+,41?,42?,43+/m0/s1. The lowest BCUT2D eigenvalue weighted by atomic mass is 9.90. The Hall–Kier alpha value is -4.40. The lowest BCUT2D eigenvalue weighted by Crippen LogP contribution is -2.55. The normalized spacial score (nSPS) is 18.5. The molecule has 0 aromatic heterocycles. The van der Waals surface area contributed by atoms with Crippen molar-refractivity contribution in [3.8, 4) is 0 Å². The lowest BCUT2D eigenvalue weighted by molar-refractivity contribution is -0.205. The average molecular weight is 938 g/mol. The number of methoxy groups -OCH3 is 2. The van der Waals surface area contributed by atoms with Crippen LogP contribution in [-0.2, 0) is 63.6 Å². The Morgan fingerprint density at radius 3 is 2.15 bits per heavy atom. The zero-order valence-electron chi connectivity index (χ0n) is 41.2. The van der Waals surface area contributed by atoms with Crippen molar-refractivity contribution in [2.75, 3.05) is 61.2 Å². The summed E-state index contributed by atoms with van der Waals surface area (Å²) in [4.78, 5) is 83.0. The van der Waals surface area contributed by atoms with Crippen LogP contribution in [0, 0.1) is 11.8 Å². The Morgan fingerprint density at radius 2 is 1.56 bits per heavy atom. The van der Waals surface area contributed by atoms with Gasteiger partial charge in [-0.2, -0.15) is 0 Å². The molecule has 376 valence electrons. The van der Waals surface area contributed by atoms with Crippen molar-refractivity contribution >= 4 is 35.8 Å². The fourth-order valence-corrected chi connectivity index (χ4v) is 7.92. The number of aliphatic hydroxyl groups is 1. The summed E-state index contributed by atoms with van der Waals surface area (Å²) in [5, 5.41) is 17.3. The van der Waals surface area contributed by atoms with Gasteiger partial charge in [-0.05, 0) is 73.0 Å². The second kappa shape index (κ2) is 30.1. The molecule has 1 saturated heterocycles. The van der Waals surface area contributed by atoms with Gasteiger partial charge < -0.3 is 64.0 Å². The smallest absolute Gasteiger partial charge is 0.407 e. The third-order valence-corrected chi connectivity index (χ3v) is 11.5. The average Bonchev–Trinajstić information content (AvgIpc) is 3.76. The largest absolute Gasteiger partial charge is 0.458 e. The molecular weight excluding hydrogens is 859 g/mol. The molecule has 11 atom stereocenters. The maximum Gasteiger partial charge on any atom is 0.407 e. The summed E-state index contributed by atoms with van der Waals surface area (Å²) < 4.78 is 38.6. The van der Waals surface area contributed by atoms with Crippen LogP contribution in [0.4, 0.5) is 4.79 Å². The molecule has 1 aromatic carbocycles. The number of likely N-dealkylation sites (N-methyl/N-ethyl adjacent to an activating group) is 1. The molecule has 1 aliphatic heterocycles. The lowest BCUT2D eigenvalue weighted by Gasteiger charge is -2.38. The van der Waals surface area contributed by atoms with Crippen molar-refractivity contribution in [2.24, 2.45) is 11.8 Å². The number of hydrogen-bond donors (Lipinski definition) is 4. The number of nitrogens with one attached hydrogen (secondary N) is 3. The zero-order valence-corrected chi connectivity index (χ0v) is 41.2. The number of aliphatic hydroxyl groups excluding tert-OH is 1. The van der Waals surface area contributed by atoms with Gasteiger partial charge in [0.1, 0.15) is 18.8 Å². The van der Waals surface area contributed by atoms with Crippen LogP contribution < -0.4 is 16.0 Å². The molecule has 1 aliphatic rings. The Kier molecular flexibility index (Phi) is 26.3. The molecule has 2 rings (SSSR count). The molecule has 66 heavy (non-hydrogen) atoms. The number of nitrogens with zero attached hydrogens (tertiary/aromatic N) is 2. The van der Waals surface area contributed by atoms with E-state index >= 15 is 0 Å². The van der Waals surface area contributed by atoms with Crippen molar-refractivity contribution in [2.45, 2.75) is 155 Å². The summed E-state index contributed by atoms with van der Waals surface area (Å²) in [5.74, 6) is -3.10. The van der Waals surface area contributed by atoms with Crippen LogP contribution in [0.5, 0.6) is 0 Å². The number of carbonyl (C=O) groups excluding carboxylic acids is 6. The minimum atomic E-state index is -1.30. The van der Waals surface area contributed by atoms with Crippen LogP contribution in [0.1, 0.15) is 93.1 Å². The van der Waals surface area contributed by atoms with Crippen molar-refractivity contribution in [3.63, 3.8) is 0 Å². The predicted octanol–water partition coefficient (Wildman–Crippen LogP) is 2.98. The fourth-order valence-electron chi connectivity index (χ4n) is 7.92. The van der Waals surface area contributed by atoms with E-state index in [4.69, 9.17) is 33.2 Å². The van der Waals surface area contributed by atoms with E-state index in [0.717, 1.165) is 18.4 Å². The topological polar surface area (TPSA) is 230 Å². The Balaban J connectivity index is 1.98. The van der Waals surface area contributed by atoms with Gasteiger partial charge in [0.25, 0.3) is 0 Å². The third-order valence-electron chi connectivity index (χ3n) is 11.5. The summed E-state index contributed by atoms with van der Waals surface area (Å²) in [7, 11) is 7.14. The summed E-state index contributed by atoms with van der Waals surface area (Å²) in [6, 6.07) is 7.85. The summed E-state index contributed by atoms with van der Waals surface area (Å²) in [6.07, 6.45) is -3.23. The van der Waals surface area contributed by atoms with Gasteiger partial charge in [0.2, 0.25) is 17.7 Å². The van der Waals surface area contributed by atoms with E-state index < -0.39 is 72.5 Å². The van der Waals surface area contributed by atoms with Crippen LogP contribution in [0.15, 0.2) is 30.3 Å². The Labute approximate surface area is 391 Å². The van der Waals surface area contributed by atoms with E-state index in [1.165, 1.54) is 14.0 Å². The maximum absolute atomic E-state index is 14.0. The summed E-state index contributed by atoms with van der Waals surface area (Å²) in [5.41, 5.74) is 0.799. The van der Waals surface area contributed by atoms with Crippen molar-refractivity contribution in [1.29, 1.82) is 0 Å². The summed E-state index contributed by atoms with van der Waals surface area (Å²) >= 11 is 0. The van der Waals surface area contributed by atoms with Crippen LogP contribution in [0.3, 0.4) is 0 Å². The second-order valence-corrected chi connectivity index (χ2v) is 17.5. The van der Waals surface area contributed by atoms with Gasteiger partial charge in [0, 0.05) is 39.8 Å². The molecule has 1 aromatic rings. The molecular formula is C47H79N5O14. The predicted molar refractivity (Wildman–Crippen MR) is 245 cm³/mol. The van der Waals surface area contributed by atoms with Crippen LogP contribution >= 0.6 is 0 Å². The molecule has 4 N–H and O–H groups in total. The molecule has 4 amide bonds. The molecule has 0 radical (unpaired) electrons. The van der Waals surface area contributed by atoms with Gasteiger partial charge in [0.15, 0.2) is 12.4 Å². The molecule has 0 aliphatic carbocycles. The first-order chi connectivity index (χ1) is 31.3. The third kappa shape index (κ3) is 19.8. The van der Waals surface area contributed by atoms with Gasteiger partial charge in [-0.15, -0.1) is 0 Å². The van der Waals surface area contributed by atoms with Gasteiger partial charge in [-0.3, -0.25) is 19.2 Å². The number of rotatable bonds is 30. The molecule has 19 heteroatoms. The first kappa shape index (κ1) is 57.7. The molecule has 1 fully saturated rings. The minimum absolute atomic E-state index is 0.0326. The van der Waals surface area contributed by atoms with Crippen molar-refractivity contribution in [3.05, 3.63) is 35.9 Å². The van der Waals surface area contributed by atoms with E-state index in [1.807, 2.05) is 49.3 Å². The van der Waals surface area contributed by atoms with Crippen molar-refractivity contribution < 1.29 is 67.0 Å². The minimum Gasteiger partial charge on any atom is -0.458 e. The number of likely N-dealkylation sites (tertiary alicyclic amines) is 1.